The molecule has 0 radical (unpaired) electrons. The van der Waals surface area contributed by atoms with Crippen LogP contribution in [0.3, 0.4) is 0 Å². The van der Waals surface area contributed by atoms with Crippen LogP contribution in [-0.2, 0) is 6.61 Å². The van der Waals surface area contributed by atoms with Crippen molar-refractivity contribution in [3.63, 3.8) is 0 Å². The van der Waals surface area contributed by atoms with Gasteiger partial charge in [0.15, 0.2) is 0 Å². The number of aryl methyl sites for hydroxylation is 2. The van der Waals surface area contributed by atoms with E-state index in [-0.39, 0.29) is 6.61 Å². The fourth-order valence-electron chi connectivity index (χ4n) is 1.80. The Labute approximate surface area is 83.0 Å². The van der Waals surface area contributed by atoms with Crippen LogP contribution >= 0.6 is 0 Å². The summed E-state index contributed by atoms with van der Waals surface area (Å²) in [5.74, 6) is -0.935. The van der Waals surface area contributed by atoms with Crippen molar-refractivity contribution in [2.45, 2.75) is 27.4 Å². The van der Waals surface area contributed by atoms with Crippen LogP contribution in [0.4, 0.5) is 0 Å². The average Bonchev–Trinajstić information content (AvgIpc) is 2.02. The van der Waals surface area contributed by atoms with E-state index in [2.05, 4.69) is 0 Å². The highest BCUT2D eigenvalue weighted by Gasteiger charge is 2.15. The van der Waals surface area contributed by atoms with Gasteiger partial charge in [-0.1, -0.05) is 6.07 Å². The Hall–Kier alpha value is -1.35. The van der Waals surface area contributed by atoms with Crippen LogP contribution in [0.15, 0.2) is 6.07 Å². The summed E-state index contributed by atoms with van der Waals surface area (Å²) >= 11 is 0. The number of benzene rings is 1. The van der Waals surface area contributed by atoms with Crippen molar-refractivity contribution in [2.24, 2.45) is 0 Å². The minimum atomic E-state index is -0.935. The van der Waals surface area contributed by atoms with Gasteiger partial charge in [-0.05, 0) is 43.0 Å². The van der Waals surface area contributed by atoms with Gasteiger partial charge >= 0.3 is 5.97 Å². The van der Waals surface area contributed by atoms with Gasteiger partial charge in [-0.3, -0.25) is 0 Å². The van der Waals surface area contributed by atoms with Gasteiger partial charge < -0.3 is 10.2 Å². The highest BCUT2D eigenvalue weighted by Crippen LogP contribution is 2.22. The molecule has 3 nitrogen and oxygen atoms in total. The van der Waals surface area contributed by atoms with Gasteiger partial charge in [-0.2, -0.15) is 0 Å². The number of aromatic carboxylic acids is 1. The predicted molar refractivity (Wildman–Crippen MR) is 53.5 cm³/mol. The highest BCUT2D eigenvalue weighted by molar-refractivity contribution is 5.91. The zero-order valence-electron chi connectivity index (χ0n) is 8.59. The van der Waals surface area contributed by atoms with Crippen LogP contribution in [0, 0.1) is 20.8 Å². The predicted octanol–water partition coefficient (Wildman–Crippen LogP) is 1.80. The molecule has 0 aromatic heterocycles. The molecule has 0 fully saturated rings. The number of rotatable bonds is 2. The summed E-state index contributed by atoms with van der Waals surface area (Å²) in [6, 6.07) is 1.79. The maximum Gasteiger partial charge on any atom is 0.336 e. The first kappa shape index (κ1) is 10.7. The van der Waals surface area contributed by atoms with Crippen LogP contribution in [-0.4, -0.2) is 16.2 Å². The van der Waals surface area contributed by atoms with Crippen molar-refractivity contribution in [1.29, 1.82) is 0 Å². The molecule has 1 aromatic rings. The molecule has 3 heteroatoms. The average molecular weight is 194 g/mol. The van der Waals surface area contributed by atoms with E-state index in [9.17, 15) is 4.79 Å². The number of carboxylic acid groups (broad SMARTS) is 1. The third-order valence-corrected chi connectivity index (χ3v) is 2.50. The highest BCUT2D eigenvalue weighted by atomic mass is 16.4. The smallest absolute Gasteiger partial charge is 0.336 e. The largest absolute Gasteiger partial charge is 0.478 e. The summed E-state index contributed by atoms with van der Waals surface area (Å²) in [6.45, 7) is 5.26. The molecule has 0 aliphatic carbocycles. The van der Waals surface area contributed by atoms with E-state index in [1.807, 2.05) is 6.92 Å². The Morgan fingerprint density at radius 3 is 2.29 bits per heavy atom. The molecule has 1 rings (SSSR count). The van der Waals surface area contributed by atoms with E-state index in [4.69, 9.17) is 10.2 Å². The van der Waals surface area contributed by atoms with E-state index in [0.717, 1.165) is 11.1 Å². The lowest BCUT2D eigenvalue weighted by Gasteiger charge is -2.12. The molecular weight excluding hydrogens is 180 g/mol. The second-order valence-corrected chi connectivity index (χ2v) is 3.45. The van der Waals surface area contributed by atoms with E-state index in [1.54, 1.807) is 19.9 Å². The minimum Gasteiger partial charge on any atom is -0.478 e. The summed E-state index contributed by atoms with van der Waals surface area (Å²) in [5.41, 5.74) is 3.36. The molecule has 2 N–H and O–H groups in total. The molecule has 0 amide bonds. The molecule has 0 aliphatic rings. The third kappa shape index (κ3) is 1.63. The first-order valence-corrected chi connectivity index (χ1v) is 4.42. The van der Waals surface area contributed by atoms with E-state index in [1.165, 1.54) is 0 Å². The van der Waals surface area contributed by atoms with Crippen molar-refractivity contribution in [3.8, 4) is 0 Å². The third-order valence-electron chi connectivity index (χ3n) is 2.50. The molecule has 0 aliphatic heterocycles. The number of aliphatic hydroxyl groups excluding tert-OH is 1. The van der Waals surface area contributed by atoms with Crippen molar-refractivity contribution in [1.82, 2.24) is 0 Å². The maximum absolute atomic E-state index is 10.9. The fourth-order valence-corrected chi connectivity index (χ4v) is 1.80. The van der Waals surface area contributed by atoms with Gasteiger partial charge in [-0.25, -0.2) is 4.79 Å². The molecular formula is C11H14O3. The second-order valence-electron chi connectivity index (χ2n) is 3.45. The molecule has 14 heavy (non-hydrogen) atoms. The minimum absolute atomic E-state index is 0.113. The van der Waals surface area contributed by atoms with Crippen LogP contribution < -0.4 is 0 Å². The zero-order valence-corrected chi connectivity index (χ0v) is 8.59. The van der Waals surface area contributed by atoms with Gasteiger partial charge in [0.05, 0.1) is 12.2 Å². The topological polar surface area (TPSA) is 57.5 Å². The first-order chi connectivity index (χ1) is 6.49. The quantitative estimate of drug-likeness (QED) is 0.754. The number of aliphatic hydroxyl groups is 1. The van der Waals surface area contributed by atoms with Gasteiger partial charge in [-0.15, -0.1) is 0 Å². The number of carboxylic acids is 1. The first-order valence-electron chi connectivity index (χ1n) is 4.42. The maximum atomic E-state index is 10.9. The Morgan fingerprint density at radius 1 is 1.29 bits per heavy atom. The number of hydrogen-bond donors (Lipinski definition) is 2. The molecule has 0 bridgehead atoms. The van der Waals surface area contributed by atoms with Crippen LogP contribution in [0.5, 0.6) is 0 Å². The molecule has 0 spiro atoms. The SMILES string of the molecule is Cc1cc(C)c(C(=O)O)c(C)c1CO. The molecule has 0 unspecified atom stereocenters. The lowest BCUT2D eigenvalue weighted by Crippen LogP contribution is -2.07. The van der Waals surface area contributed by atoms with Gasteiger partial charge in [0.25, 0.3) is 0 Å². The summed E-state index contributed by atoms with van der Waals surface area (Å²) < 4.78 is 0. The van der Waals surface area contributed by atoms with E-state index >= 15 is 0 Å². The van der Waals surface area contributed by atoms with Crippen molar-refractivity contribution < 1.29 is 15.0 Å². The Kier molecular flexibility index (Phi) is 2.91. The lowest BCUT2D eigenvalue weighted by atomic mass is 9.94. The lowest BCUT2D eigenvalue weighted by molar-refractivity contribution is 0.0695. The summed E-state index contributed by atoms with van der Waals surface area (Å²) in [7, 11) is 0. The summed E-state index contributed by atoms with van der Waals surface area (Å²) in [4.78, 5) is 10.9. The van der Waals surface area contributed by atoms with E-state index in [0.29, 0.717) is 16.7 Å². The number of hydrogen-bond acceptors (Lipinski definition) is 2. The molecule has 76 valence electrons. The fraction of sp³-hybridized carbons (Fsp3) is 0.364. The number of carbonyl (C=O) groups is 1. The van der Waals surface area contributed by atoms with Gasteiger partial charge in [0.1, 0.15) is 0 Å². The van der Waals surface area contributed by atoms with Crippen molar-refractivity contribution >= 4 is 5.97 Å². The Balaban J connectivity index is 3.52. The molecule has 0 heterocycles. The van der Waals surface area contributed by atoms with Gasteiger partial charge in [0.2, 0.25) is 0 Å². The second kappa shape index (κ2) is 3.80. The monoisotopic (exact) mass is 194 g/mol. The molecule has 0 saturated heterocycles. The molecule has 0 atom stereocenters. The van der Waals surface area contributed by atoms with Crippen LogP contribution in [0.1, 0.15) is 32.6 Å². The van der Waals surface area contributed by atoms with Crippen LogP contribution in [0.25, 0.3) is 0 Å². The summed E-state index contributed by atoms with van der Waals surface area (Å²) in [6.07, 6.45) is 0. The Bertz CT molecular complexity index is 381. The van der Waals surface area contributed by atoms with Gasteiger partial charge in [0, 0.05) is 0 Å². The van der Waals surface area contributed by atoms with Crippen LogP contribution in [0.2, 0.25) is 0 Å². The standard InChI is InChI=1S/C11H14O3/c1-6-4-7(2)10(11(13)14)8(3)9(6)5-12/h4,12H,5H2,1-3H3,(H,13,14). The summed E-state index contributed by atoms with van der Waals surface area (Å²) in [5, 5.41) is 18.1. The zero-order chi connectivity index (χ0) is 10.9. The normalized spacial score (nSPS) is 10.3. The Morgan fingerprint density at radius 2 is 1.86 bits per heavy atom. The van der Waals surface area contributed by atoms with E-state index < -0.39 is 5.97 Å². The molecule has 1 aromatic carbocycles. The van der Waals surface area contributed by atoms with Crippen molar-refractivity contribution in [2.75, 3.05) is 0 Å². The molecule has 0 saturated carbocycles. The van der Waals surface area contributed by atoms with Crippen molar-refractivity contribution in [3.05, 3.63) is 33.9 Å².